The zero-order chi connectivity index (χ0) is 15.3. The summed E-state index contributed by atoms with van der Waals surface area (Å²) in [5, 5.41) is 14.2. The highest BCUT2D eigenvalue weighted by Crippen LogP contribution is 2.35. The third kappa shape index (κ3) is 1.93. The van der Waals surface area contributed by atoms with Crippen LogP contribution in [0.2, 0.25) is 5.02 Å². The van der Waals surface area contributed by atoms with E-state index in [1.165, 1.54) is 15.6 Å². The largest absolute Gasteiger partial charge is 0.281 e. The van der Waals surface area contributed by atoms with Gasteiger partial charge in [0, 0.05) is 22.0 Å². The van der Waals surface area contributed by atoms with Crippen LogP contribution in [0, 0.1) is 0 Å². The van der Waals surface area contributed by atoms with E-state index in [-0.39, 0.29) is 5.56 Å². The first kappa shape index (κ1) is 13.4. The summed E-state index contributed by atoms with van der Waals surface area (Å²) in [7, 11) is 1.73. The molecule has 0 amide bonds. The summed E-state index contributed by atoms with van der Waals surface area (Å²) < 4.78 is 3.94. The number of rotatable bonds is 2. The van der Waals surface area contributed by atoms with E-state index in [1.807, 2.05) is 24.3 Å². The van der Waals surface area contributed by atoms with Gasteiger partial charge in [0.15, 0.2) is 5.65 Å². The molecular formula is C14H10ClN5OS. The molecule has 0 fully saturated rings. The number of benzene rings is 1. The molecule has 0 unspecified atom stereocenters. The van der Waals surface area contributed by atoms with Crippen LogP contribution in [0.25, 0.3) is 21.1 Å². The van der Waals surface area contributed by atoms with Gasteiger partial charge in [0.05, 0.1) is 17.8 Å². The van der Waals surface area contributed by atoms with Crippen molar-refractivity contribution in [1.82, 2.24) is 24.8 Å². The van der Waals surface area contributed by atoms with Crippen molar-refractivity contribution in [2.24, 2.45) is 7.05 Å². The van der Waals surface area contributed by atoms with Crippen LogP contribution in [0.5, 0.6) is 0 Å². The van der Waals surface area contributed by atoms with Crippen molar-refractivity contribution in [3.05, 3.63) is 50.7 Å². The standard InChI is InChI=1S/C14H10ClN5OS/c1-19-13-9(6-16-19)14(21)20(18-17-13)7-11-12(15)8-4-2-3-5-10(8)22-11/h2-6H,7H2,1H3. The average Bonchev–Trinajstić information content (AvgIpc) is 3.05. The maximum Gasteiger partial charge on any atom is 0.281 e. The molecule has 110 valence electrons. The van der Waals surface area contributed by atoms with Crippen LogP contribution < -0.4 is 5.56 Å². The number of nitrogens with zero attached hydrogens (tertiary/aromatic N) is 5. The van der Waals surface area contributed by atoms with Crippen molar-refractivity contribution in [3.63, 3.8) is 0 Å². The SMILES string of the molecule is Cn1ncc2c(=O)n(Cc3sc4ccccc4c3Cl)nnc21. The van der Waals surface area contributed by atoms with E-state index < -0.39 is 0 Å². The van der Waals surface area contributed by atoms with E-state index in [2.05, 4.69) is 15.4 Å². The minimum Gasteiger partial charge on any atom is -0.267 e. The normalized spacial score (nSPS) is 11.5. The van der Waals surface area contributed by atoms with Gasteiger partial charge in [-0.2, -0.15) is 5.10 Å². The Morgan fingerprint density at radius 1 is 1.27 bits per heavy atom. The van der Waals surface area contributed by atoms with Crippen molar-refractivity contribution in [1.29, 1.82) is 0 Å². The average molecular weight is 332 g/mol. The maximum absolute atomic E-state index is 12.4. The van der Waals surface area contributed by atoms with Crippen molar-refractivity contribution < 1.29 is 0 Å². The second kappa shape index (κ2) is 4.89. The molecule has 0 saturated carbocycles. The molecule has 0 spiro atoms. The number of hydrogen-bond donors (Lipinski definition) is 0. The molecule has 6 nitrogen and oxygen atoms in total. The molecule has 0 aliphatic heterocycles. The van der Waals surface area contributed by atoms with E-state index in [1.54, 1.807) is 18.4 Å². The summed E-state index contributed by atoms with van der Waals surface area (Å²) in [4.78, 5) is 13.3. The van der Waals surface area contributed by atoms with Crippen molar-refractivity contribution >= 4 is 44.1 Å². The molecular weight excluding hydrogens is 322 g/mol. The van der Waals surface area contributed by atoms with Gasteiger partial charge in [-0.1, -0.05) is 35.0 Å². The van der Waals surface area contributed by atoms with Crippen molar-refractivity contribution in [2.45, 2.75) is 6.54 Å². The van der Waals surface area contributed by atoms with Gasteiger partial charge in [-0.15, -0.1) is 16.4 Å². The summed E-state index contributed by atoms with van der Waals surface area (Å²) in [6, 6.07) is 7.88. The number of fused-ring (bicyclic) bond motifs is 2. The highest BCUT2D eigenvalue weighted by molar-refractivity contribution is 7.19. The minimum atomic E-state index is -0.216. The highest BCUT2D eigenvalue weighted by atomic mass is 35.5. The fraction of sp³-hybridized carbons (Fsp3) is 0.143. The molecule has 0 aliphatic carbocycles. The second-order valence-electron chi connectivity index (χ2n) is 4.89. The van der Waals surface area contributed by atoms with E-state index in [4.69, 9.17) is 11.6 Å². The van der Waals surface area contributed by atoms with Gasteiger partial charge in [0.2, 0.25) is 0 Å². The van der Waals surface area contributed by atoms with E-state index in [9.17, 15) is 4.79 Å². The first-order valence-corrected chi connectivity index (χ1v) is 7.76. The molecule has 0 N–H and O–H groups in total. The van der Waals surface area contributed by atoms with Gasteiger partial charge in [-0.25, -0.2) is 9.36 Å². The third-order valence-corrected chi connectivity index (χ3v) is 5.21. The monoisotopic (exact) mass is 331 g/mol. The highest BCUT2D eigenvalue weighted by Gasteiger charge is 2.14. The molecule has 1 aromatic carbocycles. The van der Waals surface area contributed by atoms with Gasteiger partial charge in [-0.05, 0) is 6.07 Å². The van der Waals surface area contributed by atoms with E-state index in [0.717, 1.165) is 15.0 Å². The molecule has 8 heteroatoms. The van der Waals surface area contributed by atoms with Gasteiger partial charge >= 0.3 is 0 Å². The van der Waals surface area contributed by atoms with Crippen LogP contribution in [0.1, 0.15) is 4.88 Å². The van der Waals surface area contributed by atoms with Gasteiger partial charge in [0.25, 0.3) is 5.56 Å². The Hall–Kier alpha value is -2.25. The van der Waals surface area contributed by atoms with Gasteiger partial charge < -0.3 is 0 Å². The fourth-order valence-corrected chi connectivity index (χ4v) is 3.86. The van der Waals surface area contributed by atoms with Gasteiger partial charge in [-0.3, -0.25) is 4.79 Å². The van der Waals surface area contributed by atoms with Gasteiger partial charge in [0.1, 0.15) is 5.39 Å². The van der Waals surface area contributed by atoms with Crippen molar-refractivity contribution in [2.75, 3.05) is 0 Å². The first-order valence-electron chi connectivity index (χ1n) is 6.56. The molecule has 0 radical (unpaired) electrons. The predicted molar refractivity (Wildman–Crippen MR) is 86.5 cm³/mol. The molecule has 0 aliphatic rings. The maximum atomic E-state index is 12.4. The summed E-state index contributed by atoms with van der Waals surface area (Å²) in [5.41, 5.74) is 0.260. The van der Waals surface area contributed by atoms with E-state index >= 15 is 0 Å². The third-order valence-electron chi connectivity index (χ3n) is 3.51. The molecule has 22 heavy (non-hydrogen) atoms. The summed E-state index contributed by atoms with van der Waals surface area (Å²) in [6.45, 7) is 0.300. The molecule has 0 atom stereocenters. The Bertz CT molecular complexity index is 1060. The Balaban J connectivity index is 1.84. The molecule has 4 aromatic rings. The van der Waals surface area contributed by atoms with Crippen molar-refractivity contribution in [3.8, 4) is 0 Å². The smallest absolute Gasteiger partial charge is 0.267 e. The lowest BCUT2D eigenvalue weighted by molar-refractivity contribution is 0.600. The molecule has 3 heterocycles. The molecule has 3 aromatic heterocycles. The summed E-state index contributed by atoms with van der Waals surface area (Å²) >= 11 is 7.97. The zero-order valence-electron chi connectivity index (χ0n) is 11.5. The minimum absolute atomic E-state index is 0.216. The summed E-state index contributed by atoms with van der Waals surface area (Å²) in [5.74, 6) is 0. The van der Waals surface area contributed by atoms with Crippen LogP contribution in [0.15, 0.2) is 35.3 Å². The molecule has 0 bridgehead atoms. The van der Waals surface area contributed by atoms with Crippen LogP contribution >= 0.6 is 22.9 Å². The topological polar surface area (TPSA) is 65.6 Å². The Kier molecular flexibility index (Phi) is 2.98. The Morgan fingerprint density at radius 3 is 2.91 bits per heavy atom. The lowest BCUT2D eigenvalue weighted by Crippen LogP contribution is -2.24. The number of aryl methyl sites for hydroxylation is 1. The lowest BCUT2D eigenvalue weighted by Gasteiger charge is -2.02. The van der Waals surface area contributed by atoms with Crippen LogP contribution in [0.4, 0.5) is 0 Å². The van der Waals surface area contributed by atoms with Crippen LogP contribution in [0.3, 0.4) is 0 Å². The predicted octanol–water partition coefficient (Wildman–Crippen LogP) is 2.44. The summed E-state index contributed by atoms with van der Waals surface area (Å²) in [6.07, 6.45) is 1.51. The van der Waals surface area contributed by atoms with Crippen LogP contribution in [-0.4, -0.2) is 24.8 Å². The Labute approximate surface area is 133 Å². The number of thiophene rings is 1. The molecule has 4 rings (SSSR count). The lowest BCUT2D eigenvalue weighted by atomic mass is 10.2. The van der Waals surface area contributed by atoms with E-state index in [0.29, 0.717) is 22.6 Å². The number of aromatic nitrogens is 5. The quantitative estimate of drug-likeness (QED) is 0.566. The number of hydrogen-bond acceptors (Lipinski definition) is 5. The fourth-order valence-electron chi connectivity index (χ4n) is 2.38. The number of halogens is 1. The van der Waals surface area contributed by atoms with Crippen LogP contribution in [-0.2, 0) is 13.6 Å². The zero-order valence-corrected chi connectivity index (χ0v) is 13.1. The second-order valence-corrected chi connectivity index (χ2v) is 6.41. The Morgan fingerprint density at radius 2 is 2.09 bits per heavy atom. The molecule has 0 saturated heterocycles. The first-order chi connectivity index (χ1) is 10.6.